The van der Waals surface area contributed by atoms with Crippen molar-refractivity contribution in [2.75, 3.05) is 6.54 Å². The normalized spacial score (nSPS) is 16.0. The molecule has 0 bridgehead atoms. The van der Waals surface area contributed by atoms with Gasteiger partial charge in [0.05, 0.1) is 0 Å². The lowest BCUT2D eigenvalue weighted by Gasteiger charge is -2.18. The van der Waals surface area contributed by atoms with Crippen LogP contribution in [0.5, 0.6) is 0 Å². The highest BCUT2D eigenvalue weighted by molar-refractivity contribution is 5.82. The van der Waals surface area contributed by atoms with Crippen LogP contribution in [0.2, 0.25) is 0 Å². The van der Waals surface area contributed by atoms with Gasteiger partial charge < -0.3 is 4.90 Å². The van der Waals surface area contributed by atoms with Crippen molar-refractivity contribution < 1.29 is 4.79 Å². The van der Waals surface area contributed by atoms with Crippen LogP contribution in [0.3, 0.4) is 0 Å². The highest BCUT2D eigenvalue weighted by Crippen LogP contribution is 2.31. The van der Waals surface area contributed by atoms with Gasteiger partial charge in [0.25, 0.3) is 0 Å². The minimum absolute atomic E-state index is 0.239. The van der Waals surface area contributed by atoms with Crippen molar-refractivity contribution >= 4 is 5.91 Å². The Morgan fingerprint density at radius 3 is 2.61 bits per heavy atom. The molecule has 0 spiro atoms. The van der Waals surface area contributed by atoms with Crippen molar-refractivity contribution in [2.45, 2.75) is 46.0 Å². The summed E-state index contributed by atoms with van der Waals surface area (Å²) in [6, 6.07) is 0. The number of amides is 1. The van der Waals surface area contributed by atoms with Gasteiger partial charge >= 0.3 is 0 Å². The number of carbonyl (C=O) groups is 1. The number of hydrogen-bond donors (Lipinski definition) is 0. The number of unbranched alkanes of at least 4 members (excludes halogenated alkanes) is 1. The second-order valence-electron chi connectivity index (χ2n) is 4.93. The number of carbonyl (C=O) groups excluding carboxylic acids is 1. The molecular weight excluding hydrogens is 222 g/mol. The summed E-state index contributed by atoms with van der Waals surface area (Å²) in [4.78, 5) is 13.7. The standard InChI is InChI=1S/C16H25NO/c1-4-6-7-8-9-10-14(3)13-17(5-2)16(18)15-11-12-15/h5-7,10,15H,2,4,8-9,11-13H2,1,3H3/b7-6-,14-10-. The van der Waals surface area contributed by atoms with Crippen molar-refractivity contribution in [3.63, 3.8) is 0 Å². The molecule has 0 aromatic heterocycles. The maximum atomic E-state index is 11.9. The summed E-state index contributed by atoms with van der Waals surface area (Å²) in [6.45, 7) is 8.65. The minimum Gasteiger partial charge on any atom is -0.315 e. The van der Waals surface area contributed by atoms with Crippen molar-refractivity contribution in [2.24, 2.45) is 5.92 Å². The van der Waals surface area contributed by atoms with Gasteiger partial charge in [-0.15, -0.1) is 0 Å². The Labute approximate surface area is 111 Å². The molecule has 0 saturated heterocycles. The first-order valence-electron chi connectivity index (χ1n) is 6.92. The second kappa shape index (κ2) is 7.91. The van der Waals surface area contributed by atoms with Gasteiger partial charge in [0.2, 0.25) is 5.91 Å². The maximum Gasteiger partial charge on any atom is 0.229 e. The summed E-state index contributed by atoms with van der Waals surface area (Å²) in [7, 11) is 0. The van der Waals surface area contributed by atoms with E-state index in [9.17, 15) is 4.79 Å². The molecule has 0 heterocycles. The minimum atomic E-state index is 0.239. The first-order valence-corrected chi connectivity index (χ1v) is 6.92. The van der Waals surface area contributed by atoms with Crippen LogP contribution in [0.25, 0.3) is 0 Å². The zero-order valence-electron chi connectivity index (χ0n) is 11.7. The van der Waals surface area contributed by atoms with E-state index in [-0.39, 0.29) is 11.8 Å². The molecule has 0 aromatic rings. The third-order valence-corrected chi connectivity index (χ3v) is 3.08. The molecule has 0 aromatic carbocycles. The fourth-order valence-corrected chi connectivity index (χ4v) is 1.84. The number of nitrogens with zero attached hydrogens (tertiary/aromatic N) is 1. The van der Waals surface area contributed by atoms with Gasteiger partial charge in [0.15, 0.2) is 0 Å². The van der Waals surface area contributed by atoms with E-state index in [1.54, 1.807) is 11.1 Å². The molecule has 100 valence electrons. The average molecular weight is 247 g/mol. The molecule has 18 heavy (non-hydrogen) atoms. The summed E-state index contributed by atoms with van der Waals surface area (Å²) in [5, 5.41) is 0. The fraction of sp³-hybridized carbons (Fsp3) is 0.562. The Bertz CT molecular complexity index is 337. The van der Waals surface area contributed by atoms with Gasteiger partial charge in [-0.1, -0.05) is 37.3 Å². The lowest BCUT2D eigenvalue weighted by atomic mass is 10.2. The van der Waals surface area contributed by atoms with Crippen molar-refractivity contribution in [3.8, 4) is 0 Å². The van der Waals surface area contributed by atoms with Crippen LogP contribution in [-0.4, -0.2) is 17.4 Å². The van der Waals surface area contributed by atoms with E-state index in [4.69, 9.17) is 0 Å². The van der Waals surface area contributed by atoms with E-state index in [0.717, 1.165) is 32.1 Å². The molecule has 1 fully saturated rings. The van der Waals surface area contributed by atoms with Crippen LogP contribution in [0, 0.1) is 5.92 Å². The predicted octanol–water partition coefficient (Wildman–Crippen LogP) is 4.06. The maximum absolute atomic E-state index is 11.9. The summed E-state index contributed by atoms with van der Waals surface area (Å²) in [5.41, 5.74) is 1.24. The van der Waals surface area contributed by atoms with E-state index >= 15 is 0 Å². The molecular formula is C16H25NO. The van der Waals surface area contributed by atoms with E-state index in [1.165, 1.54) is 5.57 Å². The van der Waals surface area contributed by atoms with Crippen molar-refractivity contribution in [1.82, 2.24) is 4.90 Å². The van der Waals surface area contributed by atoms with E-state index in [0.29, 0.717) is 6.54 Å². The zero-order valence-corrected chi connectivity index (χ0v) is 11.7. The van der Waals surface area contributed by atoms with Gasteiger partial charge in [-0.05, 0) is 45.2 Å². The van der Waals surface area contributed by atoms with Crippen LogP contribution in [-0.2, 0) is 4.79 Å². The van der Waals surface area contributed by atoms with E-state index < -0.39 is 0 Å². The first kappa shape index (κ1) is 14.7. The lowest BCUT2D eigenvalue weighted by molar-refractivity contribution is -0.129. The summed E-state index contributed by atoms with van der Waals surface area (Å²) in [5.74, 6) is 0.506. The van der Waals surface area contributed by atoms with Crippen molar-refractivity contribution in [1.29, 1.82) is 0 Å². The smallest absolute Gasteiger partial charge is 0.229 e. The molecule has 1 saturated carbocycles. The molecule has 1 aliphatic rings. The Kier molecular flexibility index (Phi) is 6.48. The molecule has 1 rings (SSSR count). The lowest BCUT2D eigenvalue weighted by Crippen LogP contribution is -2.28. The SMILES string of the molecule is C=CN(C/C(C)=C\CC/C=C\CC)C(=O)C1CC1. The zero-order chi connectivity index (χ0) is 13.4. The molecule has 0 atom stereocenters. The average Bonchev–Trinajstić information content (AvgIpc) is 3.19. The van der Waals surface area contributed by atoms with Gasteiger partial charge in [0.1, 0.15) is 0 Å². The van der Waals surface area contributed by atoms with Crippen LogP contribution < -0.4 is 0 Å². The Balaban J connectivity index is 2.33. The Morgan fingerprint density at radius 1 is 1.33 bits per heavy atom. The Hall–Kier alpha value is -1.31. The van der Waals surface area contributed by atoms with Gasteiger partial charge in [-0.3, -0.25) is 4.79 Å². The second-order valence-corrected chi connectivity index (χ2v) is 4.93. The summed E-state index contributed by atoms with van der Waals surface area (Å²) < 4.78 is 0. The van der Waals surface area contributed by atoms with Crippen LogP contribution in [0.1, 0.15) is 46.0 Å². The van der Waals surface area contributed by atoms with E-state index in [2.05, 4.69) is 38.7 Å². The molecule has 0 unspecified atom stereocenters. The van der Waals surface area contributed by atoms with Crippen LogP contribution >= 0.6 is 0 Å². The molecule has 0 aliphatic heterocycles. The number of rotatable bonds is 8. The molecule has 1 amide bonds. The highest BCUT2D eigenvalue weighted by atomic mass is 16.2. The summed E-state index contributed by atoms with van der Waals surface area (Å²) in [6.07, 6.45) is 13.6. The molecule has 1 aliphatic carbocycles. The van der Waals surface area contributed by atoms with Gasteiger partial charge in [-0.2, -0.15) is 0 Å². The highest BCUT2D eigenvalue weighted by Gasteiger charge is 2.32. The third kappa shape index (κ3) is 5.35. The molecule has 0 radical (unpaired) electrons. The van der Waals surface area contributed by atoms with Crippen molar-refractivity contribution in [3.05, 3.63) is 36.6 Å². The van der Waals surface area contributed by atoms with E-state index in [1.807, 2.05) is 0 Å². The molecule has 2 nitrogen and oxygen atoms in total. The van der Waals surface area contributed by atoms with Crippen LogP contribution in [0.15, 0.2) is 36.6 Å². The van der Waals surface area contributed by atoms with Gasteiger partial charge in [0, 0.05) is 12.5 Å². The number of allylic oxidation sites excluding steroid dienone is 3. The quantitative estimate of drug-likeness (QED) is 0.468. The molecule has 0 N–H and O–H groups in total. The number of hydrogen-bond acceptors (Lipinski definition) is 1. The Morgan fingerprint density at radius 2 is 2.06 bits per heavy atom. The summed E-state index contributed by atoms with van der Waals surface area (Å²) >= 11 is 0. The fourth-order valence-electron chi connectivity index (χ4n) is 1.84. The molecule has 2 heteroatoms. The predicted molar refractivity (Wildman–Crippen MR) is 77.1 cm³/mol. The monoisotopic (exact) mass is 247 g/mol. The first-order chi connectivity index (χ1) is 8.69. The van der Waals surface area contributed by atoms with Gasteiger partial charge in [-0.25, -0.2) is 0 Å². The van der Waals surface area contributed by atoms with Crippen LogP contribution in [0.4, 0.5) is 0 Å². The topological polar surface area (TPSA) is 20.3 Å². The largest absolute Gasteiger partial charge is 0.315 e. The third-order valence-electron chi connectivity index (χ3n) is 3.08.